The molecule has 1 saturated heterocycles. The van der Waals surface area contributed by atoms with Crippen LogP contribution in [0.4, 0.5) is 13.2 Å². The van der Waals surface area contributed by atoms with Crippen molar-refractivity contribution < 1.29 is 26.3 Å². The summed E-state index contributed by atoms with van der Waals surface area (Å²) in [4.78, 5) is 0. The highest BCUT2D eigenvalue weighted by Crippen LogP contribution is 2.37. The molecule has 0 spiro atoms. The Morgan fingerprint density at radius 3 is 2.69 bits per heavy atom. The monoisotopic (exact) mass is 427 g/mol. The van der Waals surface area contributed by atoms with Gasteiger partial charge in [-0.1, -0.05) is 6.07 Å². The molecule has 1 aliphatic carbocycles. The molecule has 5 rings (SSSR count). The molecule has 0 N–H and O–H groups in total. The summed E-state index contributed by atoms with van der Waals surface area (Å²) >= 11 is 0. The number of fused-ring (bicyclic) bond motifs is 2. The minimum absolute atomic E-state index is 0.0932. The summed E-state index contributed by atoms with van der Waals surface area (Å²) < 4.78 is 73.0. The average Bonchev–Trinajstić information content (AvgIpc) is 3.34. The van der Waals surface area contributed by atoms with Gasteiger partial charge in [-0.05, 0) is 42.5 Å². The second-order valence-corrected chi connectivity index (χ2v) is 9.82. The lowest BCUT2D eigenvalue weighted by atomic mass is 10.1. The maximum absolute atomic E-state index is 13.4. The van der Waals surface area contributed by atoms with E-state index in [1.54, 1.807) is 10.4 Å². The predicted octanol–water partition coefficient (Wildman–Crippen LogP) is 2.47. The summed E-state index contributed by atoms with van der Waals surface area (Å²) in [6, 6.07) is 5.38. The van der Waals surface area contributed by atoms with Gasteiger partial charge in [0.05, 0.1) is 30.3 Å². The number of alkyl halides is 3. The second kappa shape index (κ2) is 6.55. The van der Waals surface area contributed by atoms with E-state index in [0.29, 0.717) is 50.2 Å². The van der Waals surface area contributed by atoms with Gasteiger partial charge in [-0.15, -0.1) is 0 Å². The van der Waals surface area contributed by atoms with E-state index in [1.165, 1.54) is 4.68 Å². The molecule has 1 atom stereocenters. The number of rotatable bonds is 2. The lowest BCUT2D eigenvalue weighted by molar-refractivity contribution is -0.142. The van der Waals surface area contributed by atoms with Gasteiger partial charge in [-0.2, -0.15) is 22.6 Å². The number of sulfonamides is 1. The van der Waals surface area contributed by atoms with Crippen LogP contribution < -0.4 is 0 Å². The Morgan fingerprint density at radius 2 is 1.97 bits per heavy atom. The lowest BCUT2D eigenvalue weighted by Gasteiger charge is -2.21. The van der Waals surface area contributed by atoms with Crippen molar-refractivity contribution in [3.8, 4) is 5.69 Å². The van der Waals surface area contributed by atoms with Crippen LogP contribution >= 0.6 is 0 Å². The van der Waals surface area contributed by atoms with E-state index in [9.17, 15) is 21.6 Å². The van der Waals surface area contributed by atoms with Crippen molar-refractivity contribution in [3.05, 3.63) is 46.3 Å². The van der Waals surface area contributed by atoms with Gasteiger partial charge in [-0.3, -0.25) is 0 Å². The van der Waals surface area contributed by atoms with Crippen LogP contribution in [0.1, 0.15) is 34.5 Å². The molecule has 1 aromatic heterocycles. The third-order valence-electron chi connectivity index (χ3n) is 5.98. The van der Waals surface area contributed by atoms with Gasteiger partial charge in [0.15, 0.2) is 5.69 Å². The van der Waals surface area contributed by atoms with E-state index in [0.717, 1.165) is 11.1 Å². The number of nitrogens with zero attached hydrogens (tertiary/aromatic N) is 3. The first-order valence-corrected chi connectivity index (χ1v) is 11.2. The zero-order valence-corrected chi connectivity index (χ0v) is 16.4. The van der Waals surface area contributed by atoms with Gasteiger partial charge in [0.25, 0.3) is 0 Å². The fourth-order valence-electron chi connectivity index (χ4n) is 4.66. The van der Waals surface area contributed by atoms with Crippen molar-refractivity contribution in [2.24, 2.45) is 0 Å². The molecule has 2 aliphatic heterocycles. The third kappa shape index (κ3) is 3.17. The van der Waals surface area contributed by atoms with Gasteiger partial charge in [0.1, 0.15) is 0 Å². The van der Waals surface area contributed by atoms with Crippen LogP contribution in [-0.4, -0.2) is 47.4 Å². The van der Waals surface area contributed by atoms with Crippen LogP contribution in [0.15, 0.2) is 18.2 Å². The zero-order valence-electron chi connectivity index (χ0n) is 15.6. The number of hydrogen-bond acceptors (Lipinski definition) is 4. The Balaban J connectivity index is 1.50. The summed E-state index contributed by atoms with van der Waals surface area (Å²) in [6.45, 7) is 0.801. The predicted molar refractivity (Wildman–Crippen MR) is 98.2 cm³/mol. The fraction of sp³-hybridized carbons (Fsp3) is 0.526. The van der Waals surface area contributed by atoms with Crippen molar-refractivity contribution in [1.82, 2.24) is 14.1 Å². The van der Waals surface area contributed by atoms with Gasteiger partial charge < -0.3 is 4.74 Å². The number of halogens is 3. The smallest absolute Gasteiger partial charge is 0.376 e. The van der Waals surface area contributed by atoms with Crippen molar-refractivity contribution in [2.45, 2.75) is 44.5 Å². The SMILES string of the molecule is O=S1(=O)CCCN1[C@@H]1Cc2ccc(-n3nc(C(F)(F)F)c4c3CCOC4)cc2C1. The van der Waals surface area contributed by atoms with Crippen LogP contribution in [-0.2, 0) is 46.8 Å². The topological polar surface area (TPSA) is 64.4 Å². The van der Waals surface area contributed by atoms with Crippen molar-refractivity contribution in [2.75, 3.05) is 18.9 Å². The summed E-state index contributed by atoms with van der Waals surface area (Å²) in [6.07, 6.45) is -2.33. The Bertz CT molecular complexity index is 1080. The highest BCUT2D eigenvalue weighted by atomic mass is 32.2. The average molecular weight is 427 g/mol. The molecule has 1 fully saturated rings. The maximum atomic E-state index is 13.4. The molecule has 0 unspecified atom stereocenters. The molecular formula is C19H20F3N3O3S. The van der Waals surface area contributed by atoms with E-state index >= 15 is 0 Å². The summed E-state index contributed by atoms with van der Waals surface area (Å²) in [5.74, 6) is 0.187. The number of ether oxygens (including phenoxy) is 1. The normalized spacial score (nSPS) is 23.9. The summed E-state index contributed by atoms with van der Waals surface area (Å²) in [7, 11) is -3.20. The molecule has 6 nitrogen and oxygen atoms in total. The zero-order chi connectivity index (χ0) is 20.4. The lowest BCUT2D eigenvalue weighted by Crippen LogP contribution is -2.37. The number of benzene rings is 1. The molecule has 0 amide bonds. The van der Waals surface area contributed by atoms with Gasteiger partial charge in [-0.25, -0.2) is 13.1 Å². The van der Waals surface area contributed by atoms with Crippen LogP contribution in [0.5, 0.6) is 0 Å². The van der Waals surface area contributed by atoms with Crippen LogP contribution in [0.2, 0.25) is 0 Å². The fourth-order valence-corrected chi connectivity index (χ4v) is 6.40. The van der Waals surface area contributed by atoms with E-state index in [-0.39, 0.29) is 24.0 Å². The molecular weight excluding hydrogens is 407 g/mol. The van der Waals surface area contributed by atoms with Gasteiger partial charge in [0.2, 0.25) is 10.0 Å². The second-order valence-electron chi connectivity index (χ2n) is 7.78. The highest BCUT2D eigenvalue weighted by Gasteiger charge is 2.41. The molecule has 3 aliphatic rings. The molecule has 0 bridgehead atoms. The molecule has 29 heavy (non-hydrogen) atoms. The van der Waals surface area contributed by atoms with Crippen molar-refractivity contribution in [1.29, 1.82) is 0 Å². The van der Waals surface area contributed by atoms with Crippen molar-refractivity contribution in [3.63, 3.8) is 0 Å². The maximum Gasteiger partial charge on any atom is 0.435 e. The largest absolute Gasteiger partial charge is 0.435 e. The Morgan fingerprint density at radius 1 is 1.17 bits per heavy atom. The number of hydrogen-bond donors (Lipinski definition) is 0. The first-order chi connectivity index (χ1) is 13.7. The Labute approximate surface area is 166 Å². The highest BCUT2D eigenvalue weighted by molar-refractivity contribution is 7.89. The van der Waals surface area contributed by atoms with Crippen LogP contribution in [0.3, 0.4) is 0 Å². The van der Waals surface area contributed by atoms with E-state index in [2.05, 4.69) is 5.10 Å². The number of aromatic nitrogens is 2. The Kier molecular flexibility index (Phi) is 4.31. The van der Waals surface area contributed by atoms with Crippen molar-refractivity contribution >= 4 is 10.0 Å². The Hall–Kier alpha value is -1.91. The molecule has 3 heterocycles. The van der Waals surface area contributed by atoms with Gasteiger partial charge >= 0.3 is 6.18 Å². The third-order valence-corrected chi connectivity index (χ3v) is 7.98. The first-order valence-electron chi connectivity index (χ1n) is 9.61. The molecule has 2 aromatic rings. The molecule has 0 saturated carbocycles. The van der Waals surface area contributed by atoms with E-state index in [1.807, 2.05) is 12.1 Å². The minimum atomic E-state index is -4.54. The van der Waals surface area contributed by atoms with Crippen LogP contribution in [0.25, 0.3) is 5.69 Å². The molecule has 10 heteroatoms. The minimum Gasteiger partial charge on any atom is -0.376 e. The van der Waals surface area contributed by atoms with Crippen LogP contribution in [0, 0.1) is 0 Å². The molecule has 156 valence electrons. The summed E-state index contributed by atoms with van der Waals surface area (Å²) in [5.41, 5.74) is 2.32. The van der Waals surface area contributed by atoms with Gasteiger partial charge in [0, 0.05) is 24.6 Å². The molecule has 1 aromatic carbocycles. The summed E-state index contributed by atoms with van der Waals surface area (Å²) in [5, 5.41) is 3.88. The standard InChI is InChI=1S/C19H20F3N3O3S/c20-19(21,22)18-16-11-28-6-4-17(16)25(23-18)14-3-2-12-8-15(10-13(12)9-14)24-5-1-7-29(24,26)27/h2-3,9,15H,1,4-8,10-11H2/t15-/m1/s1. The van der Waals surface area contributed by atoms with E-state index in [4.69, 9.17) is 4.74 Å². The van der Waals surface area contributed by atoms with E-state index < -0.39 is 21.9 Å². The molecule has 0 radical (unpaired) electrons. The quantitative estimate of drug-likeness (QED) is 0.739. The first kappa shape index (κ1) is 19.1.